The minimum Gasteiger partial charge on any atom is -0.324 e. The minimum absolute atomic E-state index is 0.0346. The molecule has 1 aliphatic heterocycles. The van der Waals surface area contributed by atoms with Gasteiger partial charge in [0.15, 0.2) is 0 Å². The Balaban J connectivity index is 1.62. The maximum absolute atomic E-state index is 12.4. The van der Waals surface area contributed by atoms with Crippen molar-refractivity contribution in [3.63, 3.8) is 0 Å². The van der Waals surface area contributed by atoms with Gasteiger partial charge in [0.1, 0.15) is 5.54 Å². The molecule has 30 heavy (non-hydrogen) atoms. The van der Waals surface area contributed by atoms with Gasteiger partial charge in [0.2, 0.25) is 0 Å². The number of benzene rings is 2. The Kier molecular flexibility index (Phi) is 6.22. The summed E-state index contributed by atoms with van der Waals surface area (Å²) in [6.45, 7) is 6.31. The summed E-state index contributed by atoms with van der Waals surface area (Å²) < 4.78 is 0. The van der Waals surface area contributed by atoms with Crippen LogP contribution in [-0.4, -0.2) is 53.3 Å². The third-order valence-electron chi connectivity index (χ3n) is 5.44. The van der Waals surface area contributed by atoms with Crippen LogP contribution < -0.4 is 10.6 Å². The fourth-order valence-corrected chi connectivity index (χ4v) is 3.40. The summed E-state index contributed by atoms with van der Waals surface area (Å²) in [5.74, 6) is -0.367. The van der Waals surface area contributed by atoms with Gasteiger partial charge in [-0.3, -0.25) is 19.4 Å². The van der Waals surface area contributed by atoms with Gasteiger partial charge in [0, 0.05) is 30.4 Å². The lowest BCUT2D eigenvalue weighted by Crippen LogP contribution is -2.41. The molecular weight excluding hydrogens is 380 g/mol. The minimum atomic E-state index is -0.855. The predicted octanol–water partition coefficient (Wildman–Crippen LogP) is 3.26. The monoisotopic (exact) mass is 408 g/mol. The van der Waals surface area contributed by atoms with Crippen molar-refractivity contribution in [2.75, 3.05) is 25.5 Å². The van der Waals surface area contributed by atoms with Gasteiger partial charge in [-0.05, 0) is 57.6 Å². The van der Waals surface area contributed by atoms with Crippen LogP contribution >= 0.6 is 0 Å². The highest BCUT2D eigenvalue weighted by molar-refractivity contribution is 6.06. The molecule has 1 saturated heterocycles. The molecule has 1 unspecified atom stereocenters. The van der Waals surface area contributed by atoms with E-state index in [1.807, 2.05) is 56.4 Å². The van der Waals surface area contributed by atoms with Gasteiger partial charge in [-0.2, -0.15) is 0 Å². The van der Waals surface area contributed by atoms with E-state index in [1.165, 1.54) is 4.90 Å². The smallest absolute Gasteiger partial charge is 0.324 e. The number of urea groups is 1. The summed E-state index contributed by atoms with van der Waals surface area (Å²) >= 11 is 0. The van der Waals surface area contributed by atoms with Crippen LogP contribution in [0.15, 0.2) is 54.6 Å². The van der Waals surface area contributed by atoms with E-state index in [0.717, 1.165) is 11.3 Å². The van der Waals surface area contributed by atoms with Crippen LogP contribution in [0.3, 0.4) is 0 Å². The Labute approximate surface area is 177 Å². The van der Waals surface area contributed by atoms with Crippen LogP contribution in [0.25, 0.3) is 0 Å². The first-order valence-corrected chi connectivity index (χ1v) is 10.00. The van der Waals surface area contributed by atoms with E-state index in [4.69, 9.17) is 0 Å². The number of hydrogen-bond donors (Lipinski definition) is 2. The van der Waals surface area contributed by atoms with Crippen LogP contribution in [0.4, 0.5) is 10.5 Å². The largest absolute Gasteiger partial charge is 0.325 e. The number of rotatable bonds is 7. The number of anilines is 1. The van der Waals surface area contributed by atoms with Crippen LogP contribution in [0.5, 0.6) is 0 Å². The van der Waals surface area contributed by atoms with Crippen molar-refractivity contribution in [3.8, 4) is 0 Å². The number of nitrogens with one attached hydrogen (secondary N) is 2. The highest BCUT2D eigenvalue weighted by Crippen LogP contribution is 2.23. The SMILES string of the molecule is CC(c1cccc(NC(=O)c2ccccc2)c1)N(C)CCN1C(=O)NC(C)(C)C1=O. The normalized spacial score (nSPS) is 16.5. The molecule has 0 aliphatic carbocycles. The molecule has 0 aromatic heterocycles. The van der Waals surface area contributed by atoms with Gasteiger partial charge < -0.3 is 10.6 Å². The molecule has 0 bridgehead atoms. The Morgan fingerprint density at radius 1 is 1.13 bits per heavy atom. The lowest BCUT2D eigenvalue weighted by Gasteiger charge is -2.27. The summed E-state index contributed by atoms with van der Waals surface area (Å²) in [4.78, 5) is 40.1. The second kappa shape index (κ2) is 8.67. The summed E-state index contributed by atoms with van der Waals surface area (Å²) in [6, 6.07) is 16.4. The van der Waals surface area contributed by atoms with Crippen molar-refractivity contribution < 1.29 is 14.4 Å². The maximum atomic E-state index is 12.4. The molecule has 1 heterocycles. The summed E-state index contributed by atoms with van der Waals surface area (Å²) in [6.07, 6.45) is 0. The van der Waals surface area contributed by atoms with E-state index in [2.05, 4.69) is 15.5 Å². The fourth-order valence-electron chi connectivity index (χ4n) is 3.40. The molecule has 2 aromatic rings. The van der Waals surface area contributed by atoms with Crippen LogP contribution in [-0.2, 0) is 4.79 Å². The topological polar surface area (TPSA) is 81.8 Å². The zero-order chi connectivity index (χ0) is 21.9. The highest BCUT2D eigenvalue weighted by atomic mass is 16.2. The number of nitrogens with zero attached hydrogens (tertiary/aromatic N) is 2. The van der Waals surface area contributed by atoms with E-state index in [-0.39, 0.29) is 23.9 Å². The standard InChI is InChI=1S/C23H28N4O3/c1-16(26(4)13-14-27-21(29)23(2,3)25-22(27)30)18-11-8-12-19(15-18)24-20(28)17-9-6-5-7-10-17/h5-12,15-16H,13-14H2,1-4H3,(H,24,28)(H,25,30). The third kappa shape index (κ3) is 4.68. The predicted molar refractivity (Wildman–Crippen MR) is 116 cm³/mol. The molecule has 7 nitrogen and oxygen atoms in total. The van der Waals surface area contributed by atoms with E-state index >= 15 is 0 Å². The van der Waals surface area contributed by atoms with Gasteiger partial charge in [-0.25, -0.2) is 4.79 Å². The molecule has 7 heteroatoms. The van der Waals surface area contributed by atoms with Crippen LogP contribution in [0, 0.1) is 0 Å². The van der Waals surface area contributed by atoms with Gasteiger partial charge >= 0.3 is 6.03 Å². The molecule has 0 saturated carbocycles. The van der Waals surface area contributed by atoms with Gasteiger partial charge in [0.25, 0.3) is 11.8 Å². The quantitative estimate of drug-likeness (QED) is 0.689. The third-order valence-corrected chi connectivity index (χ3v) is 5.44. The summed E-state index contributed by atoms with van der Waals surface area (Å²) in [5, 5.41) is 5.62. The first-order chi connectivity index (χ1) is 14.2. The lowest BCUT2D eigenvalue weighted by atomic mass is 10.1. The number of imide groups is 1. The number of hydrogen-bond acceptors (Lipinski definition) is 4. The van der Waals surface area contributed by atoms with Crippen molar-refractivity contribution in [3.05, 3.63) is 65.7 Å². The first kappa shape index (κ1) is 21.5. The molecule has 1 fully saturated rings. The average Bonchev–Trinajstić information content (AvgIpc) is 2.93. The maximum Gasteiger partial charge on any atom is 0.325 e. The molecule has 2 aromatic carbocycles. The number of carbonyl (C=O) groups is 3. The van der Waals surface area contributed by atoms with Crippen LogP contribution in [0.2, 0.25) is 0 Å². The van der Waals surface area contributed by atoms with Gasteiger partial charge in [-0.1, -0.05) is 30.3 Å². The molecule has 4 amide bonds. The second-order valence-electron chi connectivity index (χ2n) is 8.11. The Hall–Kier alpha value is -3.19. The summed E-state index contributed by atoms with van der Waals surface area (Å²) in [5.41, 5.74) is 1.50. The molecule has 1 atom stereocenters. The zero-order valence-electron chi connectivity index (χ0n) is 17.8. The van der Waals surface area contributed by atoms with E-state index in [9.17, 15) is 14.4 Å². The second-order valence-corrected chi connectivity index (χ2v) is 8.11. The Morgan fingerprint density at radius 3 is 2.47 bits per heavy atom. The van der Waals surface area contributed by atoms with E-state index in [0.29, 0.717) is 18.7 Å². The summed E-state index contributed by atoms with van der Waals surface area (Å²) in [7, 11) is 1.95. The number of carbonyl (C=O) groups excluding carboxylic acids is 3. The molecule has 158 valence electrons. The zero-order valence-corrected chi connectivity index (χ0v) is 17.8. The molecule has 0 spiro atoms. The van der Waals surface area contributed by atoms with E-state index < -0.39 is 5.54 Å². The highest BCUT2D eigenvalue weighted by Gasteiger charge is 2.43. The van der Waals surface area contributed by atoms with E-state index in [1.54, 1.807) is 26.0 Å². The number of amides is 4. The fraction of sp³-hybridized carbons (Fsp3) is 0.348. The van der Waals surface area contributed by atoms with Crippen LogP contribution in [0.1, 0.15) is 42.7 Å². The Bertz CT molecular complexity index is 942. The van der Waals surface area contributed by atoms with Crippen molar-refractivity contribution in [1.29, 1.82) is 0 Å². The molecule has 3 rings (SSSR count). The molecule has 0 radical (unpaired) electrons. The van der Waals surface area contributed by atoms with Gasteiger partial charge in [-0.15, -0.1) is 0 Å². The van der Waals surface area contributed by atoms with Crippen molar-refractivity contribution in [2.45, 2.75) is 32.4 Å². The van der Waals surface area contributed by atoms with Crippen molar-refractivity contribution >= 4 is 23.5 Å². The van der Waals surface area contributed by atoms with Crippen molar-refractivity contribution in [1.82, 2.24) is 15.1 Å². The lowest BCUT2D eigenvalue weighted by molar-refractivity contribution is -0.130. The molecular formula is C23H28N4O3. The van der Waals surface area contributed by atoms with Gasteiger partial charge in [0.05, 0.1) is 0 Å². The molecule has 2 N–H and O–H groups in total. The average molecular weight is 409 g/mol. The first-order valence-electron chi connectivity index (χ1n) is 10.00. The number of likely N-dealkylation sites (N-methyl/N-ethyl adjacent to an activating group) is 1. The Morgan fingerprint density at radius 2 is 1.83 bits per heavy atom. The van der Waals surface area contributed by atoms with Crippen molar-refractivity contribution in [2.24, 2.45) is 0 Å². The molecule has 1 aliphatic rings.